The van der Waals surface area contributed by atoms with Gasteiger partial charge in [0.25, 0.3) is 5.56 Å². The third-order valence-electron chi connectivity index (χ3n) is 5.34. The van der Waals surface area contributed by atoms with Gasteiger partial charge in [0.1, 0.15) is 11.5 Å². The quantitative estimate of drug-likeness (QED) is 0.476. The Morgan fingerprint density at radius 3 is 2.42 bits per heavy atom. The molecule has 1 aromatic heterocycles. The number of carbonyl (C=O) groups is 1. The standard InChI is InChI=1S/C24H18ClFN2O3/c1-24(2,23(30)31)15-7-5-6-14(12-15)21-17-8-3-4-9-18(17)22(29)28(27-21)20-11-10-16(25)13-19(20)26/h3-13H,1-2H3,(H,30,31). The van der Waals surface area contributed by atoms with E-state index in [1.54, 1.807) is 62.4 Å². The Morgan fingerprint density at radius 2 is 1.74 bits per heavy atom. The maximum atomic E-state index is 14.6. The zero-order valence-electron chi connectivity index (χ0n) is 16.8. The van der Waals surface area contributed by atoms with Crippen molar-refractivity contribution in [3.8, 4) is 16.9 Å². The van der Waals surface area contributed by atoms with Crippen LogP contribution in [-0.4, -0.2) is 20.9 Å². The van der Waals surface area contributed by atoms with Gasteiger partial charge in [-0.1, -0.05) is 48.0 Å². The van der Waals surface area contributed by atoms with Crippen LogP contribution in [-0.2, 0) is 10.2 Å². The molecule has 0 atom stereocenters. The van der Waals surface area contributed by atoms with Crippen LogP contribution < -0.4 is 5.56 Å². The molecule has 0 spiro atoms. The second kappa shape index (κ2) is 7.63. The Kier molecular flexibility index (Phi) is 5.11. The van der Waals surface area contributed by atoms with E-state index in [0.29, 0.717) is 27.6 Å². The van der Waals surface area contributed by atoms with Crippen molar-refractivity contribution < 1.29 is 14.3 Å². The highest BCUT2D eigenvalue weighted by atomic mass is 35.5. The summed E-state index contributed by atoms with van der Waals surface area (Å²) in [5.41, 5.74) is 0.0197. The van der Waals surface area contributed by atoms with Crippen LogP contribution in [0, 0.1) is 5.82 Å². The normalized spacial score (nSPS) is 11.6. The van der Waals surface area contributed by atoms with Crippen molar-refractivity contribution >= 4 is 28.3 Å². The molecule has 5 nitrogen and oxygen atoms in total. The summed E-state index contributed by atoms with van der Waals surface area (Å²) in [6, 6.07) is 17.9. The summed E-state index contributed by atoms with van der Waals surface area (Å²) in [5, 5.41) is 15.2. The predicted octanol–water partition coefficient (Wildman–Crippen LogP) is 5.21. The first-order chi connectivity index (χ1) is 14.7. The highest BCUT2D eigenvalue weighted by molar-refractivity contribution is 6.30. The maximum absolute atomic E-state index is 14.6. The molecule has 3 aromatic carbocycles. The van der Waals surface area contributed by atoms with Crippen LogP contribution >= 0.6 is 11.6 Å². The molecule has 156 valence electrons. The first kappa shape index (κ1) is 20.8. The summed E-state index contributed by atoms with van der Waals surface area (Å²) >= 11 is 5.86. The van der Waals surface area contributed by atoms with E-state index in [0.717, 1.165) is 10.7 Å². The average Bonchev–Trinajstić information content (AvgIpc) is 2.75. The molecule has 0 aliphatic heterocycles. The number of fused-ring (bicyclic) bond motifs is 1. The van der Waals surface area contributed by atoms with E-state index < -0.39 is 22.8 Å². The fraction of sp³-hybridized carbons (Fsp3) is 0.125. The van der Waals surface area contributed by atoms with Crippen LogP contribution in [0.15, 0.2) is 71.5 Å². The third-order valence-corrected chi connectivity index (χ3v) is 5.57. The fourth-order valence-electron chi connectivity index (χ4n) is 3.40. The van der Waals surface area contributed by atoms with E-state index in [9.17, 15) is 19.1 Å². The molecular weight excluding hydrogens is 419 g/mol. The molecule has 4 rings (SSSR count). The lowest BCUT2D eigenvalue weighted by Crippen LogP contribution is -2.28. The SMILES string of the molecule is CC(C)(C(=O)O)c1cccc(-c2nn(-c3ccc(Cl)cc3F)c(=O)c3ccccc23)c1. The molecular formula is C24H18ClFN2O3. The van der Waals surface area contributed by atoms with Gasteiger partial charge >= 0.3 is 5.97 Å². The Balaban J connectivity index is 2.03. The Morgan fingerprint density at radius 1 is 1.03 bits per heavy atom. The number of carboxylic acids is 1. The van der Waals surface area contributed by atoms with Gasteiger partial charge < -0.3 is 5.11 Å². The van der Waals surface area contributed by atoms with Crippen molar-refractivity contribution in [2.24, 2.45) is 0 Å². The molecule has 0 aliphatic rings. The summed E-state index contributed by atoms with van der Waals surface area (Å²) < 4.78 is 15.6. The van der Waals surface area contributed by atoms with Crippen LogP contribution in [0.3, 0.4) is 0 Å². The molecule has 0 bridgehead atoms. The van der Waals surface area contributed by atoms with Gasteiger partial charge in [0.15, 0.2) is 0 Å². The lowest BCUT2D eigenvalue weighted by atomic mass is 9.83. The molecule has 7 heteroatoms. The Bertz CT molecular complexity index is 1400. The second-order valence-electron chi connectivity index (χ2n) is 7.72. The summed E-state index contributed by atoms with van der Waals surface area (Å²) in [4.78, 5) is 24.8. The maximum Gasteiger partial charge on any atom is 0.313 e. The van der Waals surface area contributed by atoms with E-state index in [4.69, 9.17) is 11.6 Å². The molecule has 0 fully saturated rings. The number of nitrogens with zero attached hydrogens (tertiary/aromatic N) is 2. The van der Waals surface area contributed by atoms with Gasteiger partial charge in [-0.2, -0.15) is 9.78 Å². The van der Waals surface area contributed by atoms with E-state index in [1.165, 1.54) is 12.1 Å². The van der Waals surface area contributed by atoms with Gasteiger partial charge in [-0.05, 0) is 49.7 Å². The molecule has 1 N–H and O–H groups in total. The smallest absolute Gasteiger partial charge is 0.313 e. The van der Waals surface area contributed by atoms with Gasteiger partial charge in [0.05, 0.1) is 16.5 Å². The Hall–Kier alpha value is -3.51. The number of benzene rings is 3. The highest BCUT2D eigenvalue weighted by Crippen LogP contribution is 2.31. The lowest BCUT2D eigenvalue weighted by molar-refractivity contribution is -0.142. The molecule has 0 saturated carbocycles. The summed E-state index contributed by atoms with van der Waals surface area (Å²) in [6.07, 6.45) is 0. The van der Waals surface area contributed by atoms with Crippen LogP contribution in [0.5, 0.6) is 0 Å². The molecule has 1 heterocycles. The highest BCUT2D eigenvalue weighted by Gasteiger charge is 2.29. The minimum absolute atomic E-state index is 0.0246. The summed E-state index contributed by atoms with van der Waals surface area (Å²) in [6.45, 7) is 3.23. The van der Waals surface area contributed by atoms with Gasteiger partial charge in [-0.3, -0.25) is 9.59 Å². The van der Waals surface area contributed by atoms with Crippen molar-refractivity contribution in [2.45, 2.75) is 19.3 Å². The number of carboxylic acid groups (broad SMARTS) is 1. The fourth-order valence-corrected chi connectivity index (χ4v) is 3.56. The van der Waals surface area contributed by atoms with Crippen molar-refractivity contribution in [1.82, 2.24) is 9.78 Å². The predicted molar refractivity (Wildman–Crippen MR) is 118 cm³/mol. The first-order valence-corrected chi connectivity index (χ1v) is 9.90. The minimum atomic E-state index is -1.12. The largest absolute Gasteiger partial charge is 0.481 e. The minimum Gasteiger partial charge on any atom is -0.481 e. The molecule has 4 aromatic rings. The van der Waals surface area contributed by atoms with Crippen LogP contribution in [0.4, 0.5) is 4.39 Å². The lowest BCUT2D eigenvalue weighted by Gasteiger charge is -2.20. The number of aromatic nitrogens is 2. The van der Waals surface area contributed by atoms with Gasteiger partial charge in [0, 0.05) is 16.0 Å². The van der Waals surface area contributed by atoms with Crippen LogP contribution in [0.2, 0.25) is 5.02 Å². The zero-order valence-corrected chi connectivity index (χ0v) is 17.5. The number of rotatable bonds is 4. The first-order valence-electron chi connectivity index (χ1n) is 9.52. The number of hydrogen-bond donors (Lipinski definition) is 1. The second-order valence-corrected chi connectivity index (χ2v) is 8.15. The van der Waals surface area contributed by atoms with Crippen molar-refractivity contribution in [1.29, 1.82) is 0 Å². The molecule has 31 heavy (non-hydrogen) atoms. The number of hydrogen-bond acceptors (Lipinski definition) is 3. The van der Waals surface area contributed by atoms with Crippen molar-refractivity contribution in [3.63, 3.8) is 0 Å². The number of aliphatic carboxylic acids is 1. The third kappa shape index (κ3) is 3.59. The van der Waals surface area contributed by atoms with Crippen molar-refractivity contribution in [3.05, 3.63) is 93.5 Å². The van der Waals surface area contributed by atoms with E-state index in [-0.39, 0.29) is 10.7 Å². The van der Waals surface area contributed by atoms with Crippen LogP contribution in [0.1, 0.15) is 19.4 Å². The van der Waals surface area contributed by atoms with E-state index in [2.05, 4.69) is 5.10 Å². The summed E-state index contributed by atoms with van der Waals surface area (Å²) in [5.74, 6) is -1.64. The van der Waals surface area contributed by atoms with Gasteiger partial charge in [0.2, 0.25) is 0 Å². The average molecular weight is 437 g/mol. The van der Waals surface area contributed by atoms with Gasteiger partial charge in [-0.15, -0.1) is 0 Å². The summed E-state index contributed by atoms with van der Waals surface area (Å²) in [7, 11) is 0. The van der Waals surface area contributed by atoms with Gasteiger partial charge in [-0.25, -0.2) is 4.39 Å². The number of halogens is 2. The molecule has 0 amide bonds. The monoisotopic (exact) mass is 436 g/mol. The zero-order chi connectivity index (χ0) is 22.3. The topological polar surface area (TPSA) is 72.2 Å². The van der Waals surface area contributed by atoms with Crippen molar-refractivity contribution in [2.75, 3.05) is 0 Å². The molecule has 0 saturated heterocycles. The molecule has 0 aliphatic carbocycles. The Labute approximate surface area is 182 Å². The van der Waals surface area contributed by atoms with E-state index >= 15 is 0 Å². The van der Waals surface area contributed by atoms with Crippen LogP contribution in [0.25, 0.3) is 27.7 Å². The molecule has 0 unspecified atom stereocenters. The van der Waals surface area contributed by atoms with E-state index in [1.807, 2.05) is 0 Å². The molecule has 0 radical (unpaired) electrons.